The van der Waals surface area contributed by atoms with Gasteiger partial charge in [0, 0.05) is 19.5 Å². The van der Waals surface area contributed by atoms with Crippen molar-refractivity contribution in [2.24, 2.45) is 23.7 Å². The number of fused-ring (bicyclic) bond motifs is 2. The summed E-state index contributed by atoms with van der Waals surface area (Å²) < 4.78 is 6.20. The van der Waals surface area contributed by atoms with E-state index in [-0.39, 0.29) is 0 Å². The minimum absolute atomic E-state index is 0.355. The highest BCUT2D eigenvalue weighted by Gasteiger charge is 2.35. The van der Waals surface area contributed by atoms with Crippen LogP contribution in [0.4, 0.5) is 0 Å². The first-order chi connectivity index (χ1) is 17.0. The Kier molecular flexibility index (Phi) is 6.03. The fourth-order valence-electron chi connectivity index (χ4n) is 6.34. The lowest BCUT2D eigenvalue weighted by Gasteiger charge is -2.34. The molecule has 1 saturated carbocycles. The minimum atomic E-state index is 0.355. The Balaban J connectivity index is 1.14. The molecule has 1 saturated heterocycles. The molecule has 0 spiro atoms. The van der Waals surface area contributed by atoms with Crippen LogP contribution in [-0.2, 0) is 11.2 Å². The van der Waals surface area contributed by atoms with Crippen molar-refractivity contribution in [2.45, 2.75) is 58.8 Å². The van der Waals surface area contributed by atoms with Crippen LogP contribution in [0.25, 0.3) is 22.2 Å². The summed E-state index contributed by atoms with van der Waals surface area (Å²) in [6, 6.07) is 13.0. The second-order valence-electron chi connectivity index (χ2n) is 11.2. The summed E-state index contributed by atoms with van der Waals surface area (Å²) in [6.07, 6.45) is 7.79. The summed E-state index contributed by atoms with van der Waals surface area (Å²) in [7, 11) is 0. The normalized spacial score (nSPS) is 23.4. The van der Waals surface area contributed by atoms with Gasteiger partial charge in [-0.2, -0.15) is 0 Å². The molecule has 2 aliphatic heterocycles. The van der Waals surface area contributed by atoms with Crippen LogP contribution in [0.1, 0.15) is 56.8 Å². The Hall–Kier alpha value is -2.82. The molecule has 2 atom stereocenters. The van der Waals surface area contributed by atoms with Gasteiger partial charge in [-0.15, -0.1) is 0 Å². The average molecular weight is 472 g/mol. The number of rotatable bonds is 4. The number of hydrogen-bond acceptors (Lipinski definition) is 3. The third-order valence-electron chi connectivity index (χ3n) is 8.70. The number of aromatic amines is 1. The van der Waals surface area contributed by atoms with Crippen LogP contribution in [0.3, 0.4) is 0 Å². The van der Waals surface area contributed by atoms with E-state index in [1.165, 1.54) is 42.4 Å². The Labute approximate surface area is 208 Å². The Morgan fingerprint density at radius 2 is 1.77 bits per heavy atom. The predicted molar refractivity (Wildman–Crippen MR) is 139 cm³/mol. The number of aromatic nitrogens is 2. The molecule has 1 aromatic heterocycles. The third kappa shape index (κ3) is 4.82. The van der Waals surface area contributed by atoms with Crippen molar-refractivity contribution in [2.75, 3.05) is 19.7 Å². The molecule has 184 valence electrons. The molecule has 0 bridgehead atoms. The van der Waals surface area contributed by atoms with Crippen molar-refractivity contribution in [3.8, 4) is 16.9 Å². The fraction of sp³-hybridized carbons (Fsp3) is 0.533. The number of piperidine rings is 1. The Morgan fingerprint density at radius 3 is 2.57 bits per heavy atom. The van der Waals surface area contributed by atoms with Gasteiger partial charge in [-0.05, 0) is 110 Å². The summed E-state index contributed by atoms with van der Waals surface area (Å²) in [6.45, 7) is 6.91. The average Bonchev–Trinajstić information content (AvgIpc) is 3.63. The van der Waals surface area contributed by atoms with Crippen molar-refractivity contribution in [3.63, 3.8) is 0 Å². The molecule has 5 nitrogen and oxygen atoms in total. The lowest BCUT2D eigenvalue weighted by Crippen LogP contribution is -2.40. The van der Waals surface area contributed by atoms with Gasteiger partial charge in [0.1, 0.15) is 11.6 Å². The summed E-state index contributed by atoms with van der Waals surface area (Å²) in [5.41, 5.74) is 5.69. The summed E-state index contributed by atoms with van der Waals surface area (Å²) >= 11 is 0. The molecule has 3 heterocycles. The molecule has 1 aliphatic carbocycles. The van der Waals surface area contributed by atoms with Gasteiger partial charge in [-0.3, -0.25) is 4.79 Å². The number of H-pyrrole nitrogens is 1. The van der Waals surface area contributed by atoms with Crippen LogP contribution >= 0.6 is 0 Å². The van der Waals surface area contributed by atoms with E-state index in [1.54, 1.807) is 0 Å². The topological polar surface area (TPSA) is 58.2 Å². The van der Waals surface area contributed by atoms with Crippen molar-refractivity contribution in [1.82, 2.24) is 14.9 Å². The molecule has 1 amide bonds. The molecule has 35 heavy (non-hydrogen) atoms. The van der Waals surface area contributed by atoms with E-state index in [1.807, 2.05) is 6.92 Å². The van der Waals surface area contributed by atoms with Crippen LogP contribution in [0.15, 0.2) is 36.4 Å². The SMILES string of the molecule is Cc1nc2ccc(-c3ccc4c(c3)CC(C)C(CC(=O)N3CCC(C5CC5)CC3)CCO4)cc2[nH]1. The van der Waals surface area contributed by atoms with Gasteiger partial charge >= 0.3 is 0 Å². The first-order valence-electron chi connectivity index (χ1n) is 13.5. The number of amides is 1. The van der Waals surface area contributed by atoms with Gasteiger partial charge in [-0.25, -0.2) is 4.98 Å². The monoisotopic (exact) mass is 471 g/mol. The maximum atomic E-state index is 13.2. The van der Waals surface area contributed by atoms with Crippen molar-refractivity contribution >= 4 is 16.9 Å². The van der Waals surface area contributed by atoms with Crippen LogP contribution in [0, 0.1) is 30.6 Å². The summed E-state index contributed by atoms with van der Waals surface area (Å²) in [5.74, 6) is 4.93. The van der Waals surface area contributed by atoms with Gasteiger partial charge in [0.2, 0.25) is 5.91 Å². The summed E-state index contributed by atoms with van der Waals surface area (Å²) in [5, 5.41) is 0. The smallest absolute Gasteiger partial charge is 0.222 e. The third-order valence-corrected chi connectivity index (χ3v) is 8.70. The van der Waals surface area contributed by atoms with E-state index in [9.17, 15) is 4.79 Å². The van der Waals surface area contributed by atoms with Gasteiger partial charge in [0.25, 0.3) is 0 Å². The zero-order valence-electron chi connectivity index (χ0n) is 21.1. The molecular formula is C30H37N3O2. The molecule has 6 rings (SSSR count). The number of aryl methyl sites for hydroxylation is 1. The highest BCUT2D eigenvalue weighted by atomic mass is 16.5. The van der Waals surface area contributed by atoms with E-state index < -0.39 is 0 Å². The number of imidazole rings is 1. The van der Waals surface area contributed by atoms with E-state index in [2.05, 4.69) is 58.2 Å². The number of likely N-dealkylation sites (tertiary alicyclic amines) is 1. The highest BCUT2D eigenvalue weighted by molar-refractivity contribution is 5.82. The second kappa shape index (κ2) is 9.33. The lowest BCUT2D eigenvalue weighted by molar-refractivity contribution is -0.134. The molecule has 2 fully saturated rings. The van der Waals surface area contributed by atoms with Crippen LogP contribution in [0.2, 0.25) is 0 Å². The van der Waals surface area contributed by atoms with Gasteiger partial charge in [-0.1, -0.05) is 19.1 Å². The molecule has 2 unspecified atom stereocenters. The zero-order chi connectivity index (χ0) is 23.9. The largest absolute Gasteiger partial charge is 0.493 e. The van der Waals surface area contributed by atoms with Crippen LogP contribution < -0.4 is 4.74 Å². The van der Waals surface area contributed by atoms with E-state index in [0.717, 1.165) is 60.4 Å². The molecule has 3 aromatic rings. The molecule has 3 aliphatic rings. The van der Waals surface area contributed by atoms with Crippen molar-refractivity contribution < 1.29 is 9.53 Å². The van der Waals surface area contributed by atoms with Crippen molar-refractivity contribution in [1.29, 1.82) is 0 Å². The maximum Gasteiger partial charge on any atom is 0.222 e. The van der Waals surface area contributed by atoms with E-state index in [4.69, 9.17) is 4.74 Å². The van der Waals surface area contributed by atoms with E-state index >= 15 is 0 Å². The van der Waals surface area contributed by atoms with Gasteiger partial charge in [0.05, 0.1) is 17.6 Å². The number of carbonyl (C=O) groups is 1. The lowest BCUT2D eigenvalue weighted by atomic mass is 9.82. The summed E-state index contributed by atoms with van der Waals surface area (Å²) in [4.78, 5) is 23.2. The second-order valence-corrected chi connectivity index (χ2v) is 11.2. The Morgan fingerprint density at radius 1 is 1.03 bits per heavy atom. The Bertz CT molecular complexity index is 1220. The molecular weight excluding hydrogens is 434 g/mol. The number of ether oxygens (including phenoxy) is 1. The maximum absolute atomic E-state index is 13.2. The van der Waals surface area contributed by atoms with Gasteiger partial charge < -0.3 is 14.6 Å². The minimum Gasteiger partial charge on any atom is -0.493 e. The number of nitrogens with zero attached hydrogens (tertiary/aromatic N) is 2. The highest BCUT2D eigenvalue weighted by Crippen LogP contribution is 2.42. The van der Waals surface area contributed by atoms with Crippen LogP contribution in [-0.4, -0.2) is 40.5 Å². The van der Waals surface area contributed by atoms with Gasteiger partial charge in [0.15, 0.2) is 0 Å². The van der Waals surface area contributed by atoms with E-state index in [0.29, 0.717) is 30.8 Å². The fourth-order valence-corrected chi connectivity index (χ4v) is 6.34. The predicted octanol–water partition coefficient (Wildman–Crippen LogP) is 6.15. The molecule has 5 heteroatoms. The standard InChI is InChI=1S/C30H37N3O2/c1-19-15-26-16-24(25-5-7-27-28(17-25)32-20(2)31-27)6-8-29(26)35-14-11-23(19)18-30(34)33-12-9-22(10-13-33)21-3-4-21/h5-8,16-17,19,21-23H,3-4,9-15,18H2,1-2H3,(H,31,32). The molecule has 2 aromatic carbocycles. The first-order valence-corrected chi connectivity index (χ1v) is 13.5. The first kappa shape index (κ1) is 22.6. The quantitative estimate of drug-likeness (QED) is 0.496. The number of benzene rings is 2. The number of nitrogens with one attached hydrogen (secondary N) is 1. The van der Waals surface area contributed by atoms with Crippen LogP contribution in [0.5, 0.6) is 5.75 Å². The molecule has 1 N–H and O–H groups in total. The number of hydrogen-bond donors (Lipinski definition) is 1. The number of carbonyl (C=O) groups excluding carboxylic acids is 1. The van der Waals surface area contributed by atoms with Crippen molar-refractivity contribution in [3.05, 3.63) is 47.8 Å². The zero-order valence-corrected chi connectivity index (χ0v) is 21.1. The molecule has 0 radical (unpaired) electrons.